The lowest BCUT2D eigenvalue weighted by atomic mass is 10.2. The fraction of sp³-hybridized carbons (Fsp3) is 0.286. The van der Waals surface area contributed by atoms with Gasteiger partial charge in [-0.2, -0.15) is 0 Å². The topological polar surface area (TPSA) is 51.0 Å². The van der Waals surface area contributed by atoms with E-state index in [1.165, 1.54) is 5.56 Å². The standard InChI is InChI=1S/C14H15N3OS/c1-8-6-19-13-12(8)15-7-16-14(13)17-10(3)11-5-4-9(2)18-11/h4-7,10H,1-3H3,(H,15,16,17). The summed E-state index contributed by atoms with van der Waals surface area (Å²) in [5.74, 6) is 2.70. The number of hydrogen-bond acceptors (Lipinski definition) is 5. The van der Waals surface area contributed by atoms with Crippen molar-refractivity contribution in [1.29, 1.82) is 0 Å². The Morgan fingerprint density at radius 2 is 2.11 bits per heavy atom. The summed E-state index contributed by atoms with van der Waals surface area (Å²) in [5.41, 5.74) is 2.21. The summed E-state index contributed by atoms with van der Waals surface area (Å²) in [6, 6.07) is 4.04. The molecule has 0 amide bonds. The maximum atomic E-state index is 5.63. The highest BCUT2D eigenvalue weighted by molar-refractivity contribution is 7.18. The van der Waals surface area contributed by atoms with Crippen LogP contribution in [0.25, 0.3) is 10.2 Å². The van der Waals surface area contributed by atoms with Crippen LogP contribution in [0.15, 0.2) is 28.3 Å². The summed E-state index contributed by atoms with van der Waals surface area (Å²) in [7, 11) is 0. The van der Waals surface area contributed by atoms with Gasteiger partial charge in [-0.15, -0.1) is 11.3 Å². The van der Waals surface area contributed by atoms with Crippen LogP contribution in [0.2, 0.25) is 0 Å². The summed E-state index contributed by atoms with van der Waals surface area (Å²) >= 11 is 1.66. The van der Waals surface area contributed by atoms with Gasteiger partial charge in [-0.05, 0) is 43.8 Å². The van der Waals surface area contributed by atoms with E-state index in [9.17, 15) is 0 Å². The summed E-state index contributed by atoms with van der Waals surface area (Å²) in [6.07, 6.45) is 1.60. The molecule has 5 heteroatoms. The monoisotopic (exact) mass is 273 g/mol. The number of thiophene rings is 1. The predicted molar refractivity (Wildman–Crippen MR) is 77.6 cm³/mol. The predicted octanol–water partition coefficient (Wildman–Crippen LogP) is 4.07. The van der Waals surface area contributed by atoms with Gasteiger partial charge in [0, 0.05) is 0 Å². The highest BCUT2D eigenvalue weighted by Crippen LogP contribution is 2.30. The van der Waals surface area contributed by atoms with Crippen LogP contribution >= 0.6 is 11.3 Å². The maximum Gasteiger partial charge on any atom is 0.148 e. The normalized spacial score (nSPS) is 12.8. The molecule has 19 heavy (non-hydrogen) atoms. The van der Waals surface area contributed by atoms with Crippen LogP contribution in [-0.2, 0) is 0 Å². The first-order chi connectivity index (χ1) is 9.15. The molecule has 1 atom stereocenters. The average molecular weight is 273 g/mol. The summed E-state index contributed by atoms with van der Waals surface area (Å²) in [5, 5.41) is 5.50. The molecule has 1 N–H and O–H groups in total. The van der Waals surface area contributed by atoms with Crippen LogP contribution in [0.5, 0.6) is 0 Å². The van der Waals surface area contributed by atoms with Gasteiger partial charge < -0.3 is 9.73 Å². The molecule has 98 valence electrons. The van der Waals surface area contributed by atoms with Crippen LogP contribution in [-0.4, -0.2) is 9.97 Å². The summed E-state index contributed by atoms with van der Waals surface area (Å²) in [4.78, 5) is 8.66. The number of nitrogens with zero attached hydrogens (tertiary/aromatic N) is 2. The molecule has 1 unspecified atom stereocenters. The molecule has 0 radical (unpaired) electrons. The number of aryl methyl sites for hydroxylation is 2. The van der Waals surface area contributed by atoms with Gasteiger partial charge in [0.1, 0.15) is 23.7 Å². The molecular weight excluding hydrogens is 258 g/mol. The van der Waals surface area contributed by atoms with Crippen LogP contribution in [0.3, 0.4) is 0 Å². The molecule has 3 rings (SSSR count). The number of anilines is 1. The van der Waals surface area contributed by atoms with E-state index < -0.39 is 0 Å². The molecular formula is C14H15N3OS. The van der Waals surface area contributed by atoms with E-state index in [4.69, 9.17) is 4.42 Å². The van der Waals surface area contributed by atoms with Crippen molar-refractivity contribution in [2.45, 2.75) is 26.8 Å². The minimum absolute atomic E-state index is 0.0780. The van der Waals surface area contributed by atoms with Gasteiger partial charge in [-0.25, -0.2) is 9.97 Å². The quantitative estimate of drug-likeness (QED) is 0.781. The Labute approximate surface area is 115 Å². The number of nitrogens with one attached hydrogen (secondary N) is 1. The molecule has 0 saturated carbocycles. The third kappa shape index (κ3) is 2.21. The molecule has 0 aromatic carbocycles. The Kier molecular flexibility index (Phi) is 2.98. The van der Waals surface area contributed by atoms with Gasteiger partial charge in [0.2, 0.25) is 0 Å². The Morgan fingerprint density at radius 3 is 2.84 bits per heavy atom. The van der Waals surface area contributed by atoms with Crippen molar-refractivity contribution in [2.24, 2.45) is 0 Å². The van der Waals surface area contributed by atoms with E-state index in [2.05, 4.69) is 34.5 Å². The SMILES string of the molecule is Cc1ccc(C(C)Nc2ncnc3c(C)csc23)o1. The maximum absolute atomic E-state index is 5.63. The van der Waals surface area contributed by atoms with E-state index in [0.717, 1.165) is 27.6 Å². The molecule has 0 aliphatic heterocycles. The van der Waals surface area contributed by atoms with E-state index in [1.807, 2.05) is 19.1 Å². The Balaban J connectivity index is 1.93. The zero-order valence-corrected chi connectivity index (χ0v) is 11.9. The van der Waals surface area contributed by atoms with Crippen molar-refractivity contribution < 1.29 is 4.42 Å². The average Bonchev–Trinajstić information content (AvgIpc) is 2.98. The lowest BCUT2D eigenvalue weighted by Crippen LogP contribution is -2.07. The van der Waals surface area contributed by atoms with E-state index in [-0.39, 0.29) is 6.04 Å². The van der Waals surface area contributed by atoms with Crippen molar-refractivity contribution in [1.82, 2.24) is 9.97 Å². The van der Waals surface area contributed by atoms with Crippen molar-refractivity contribution in [3.8, 4) is 0 Å². The summed E-state index contributed by atoms with van der Waals surface area (Å²) < 4.78 is 6.72. The molecule has 3 aromatic rings. The molecule has 3 heterocycles. The van der Waals surface area contributed by atoms with E-state index >= 15 is 0 Å². The van der Waals surface area contributed by atoms with E-state index in [1.54, 1.807) is 17.7 Å². The van der Waals surface area contributed by atoms with Crippen LogP contribution in [0, 0.1) is 13.8 Å². The number of aromatic nitrogens is 2. The Bertz CT molecular complexity index is 716. The zero-order valence-electron chi connectivity index (χ0n) is 11.1. The third-order valence-electron chi connectivity index (χ3n) is 3.07. The Morgan fingerprint density at radius 1 is 1.26 bits per heavy atom. The molecule has 0 aliphatic rings. The number of furan rings is 1. The fourth-order valence-electron chi connectivity index (χ4n) is 2.03. The fourth-order valence-corrected chi connectivity index (χ4v) is 2.99. The van der Waals surface area contributed by atoms with Gasteiger partial charge in [0.15, 0.2) is 0 Å². The van der Waals surface area contributed by atoms with Gasteiger partial charge in [0.05, 0.1) is 16.3 Å². The first kappa shape index (κ1) is 12.2. The lowest BCUT2D eigenvalue weighted by Gasteiger charge is -2.12. The molecule has 0 spiro atoms. The van der Waals surface area contributed by atoms with Gasteiger partial charge in [-0.1, -0.05) is 0 Å². The molecule has 0 saturated heterocycles. The second-order valence-electron chi connectivity index (χ2n) is 4.63. The van der Waals surface area contributed by atoms with Crippen molar-refractivity contribution in [2.75, 3.05) is 5.32 Å². The number of hydrogen-bond donors (Lipinski definition) is 1. The van der Waals surface area contributed by atoms with Crippen LogP contribution in [0.1, 0.15) is 30.0 Å². The largest absolute Gasteiger partial charge is 0.464 e. The minimum atomic E-state index is 0.0780. The molecule has 4 nitrogen and oxygen atoms in total. The zero-order chi connectivity index (χ0) is 13.4. The van der Waals surface area contributed by atoms with Crippen molar-refractivity contribution >= 4 is 27.4 Å². The molecule has 3 aromatic heterocycles. The number of fused-ring (bicyclic) bond motifs is 1. The lowest BCUT2D eigenvalue weighted by molar-refractivity contribution is 0.466. The first-order valence-corrected chi connectivity index (χ1v) is 7.05. The summed E-state index contributed by atoms with van der Waals surface area (Å²) in [6.45, 7) is 6.07. The second kappa shape index (κ2) is 4.66. The molecule has 0 fully saturated rings. The highest BCUT2D eigenvalue weighted by Gasteiger charge is 2.13. The highest BCUT2D eigenvalue weighted by atomic mass is 32.1. The number of rotatable bonds is 3. The van der Waals surface area contributed by atoms with Crippen molar-refractivity contribution in [3.63, 3.8) is 0 Å². The molecule has 0 bridgehead atoms. The van der Waals surface area contributed by atoms with Gasteiger partial charge >= 0.3 is 0 Å². The Hall–Kier alpha value is -1.88. The minimum Gasteiger partial charge on any atom is -0.464 e. The van der Waals surface area contributed by atoms with Crippen LogP contribution in [0.4, 0.5) is 5.82 Å². The first-order valence-electron chi connectivity index (χ1n) is 6.17. The van der Waals surface area contributed by atoms with Crippen molar-refractivity contribution in [3.05, 3.63) is 40.9 Å². The van der Waals surface area contributed by atoms with Gasteiger partial charge in [-0.3, -0.25) is 0 Å². The van der Waals surface area contributed by atoms with E-state index in [0.29, 0.717) is 0 Å². The van der Waals surface area contributed by atoms with Crippen LogP contribution < -0.4 is 5.32 Å². The second-order valence-corrected chi connectivity index (χ2v) is 5.51. The van der Waals surface area contributed by atoms with Gasteiger partial charge in [0.25, 0.3) is 0 Å². The smallest absolute Gasteiger partial charge is 0.148 e. The third-order valence-corrected chi connectivity index (χ3v) is 4.17. The molecule has 0 aliphatic carbocycles.